The van der Waals surface area contributed by atoms with Gasteiger partial charge in [0.05, 0.1) is 0 Å². The summed E-state index contributed by atoms with van der Waals surface area (Å²) >= 11 is 0. The van der Waals surface area contributed by atoms with Crippen LogP contribution in [0.25, 0.3) is 0 Å². The standard InChI is InChI=1S/C16H30N4O/c1-15(2,3)11(8-9-21)18-13-10-12(17-7)19-14(20-13)16(4,5)6/h10-11,21H,8-9H2,1-7H3,(H2,17,18,19,20). The summed E-state index contributed by atoms with van der Waals surface area (Å²) in [5, 5.41) is 15.8. The summed E-state index contributed by atoms with van der Waals surface area (Å²) in [6.45, 7) is 12.9. The van der Waals surface area contributed by atoms with E-state index >= 15 is 0 Å². The topological polar surface area (TPSA) is 70.1 Å². The van der Waals surface area contributed by atoms with Crippen LogP contribution in [-0.4, -0.2) is 34.8 Å². The largest absolute Gasteiger partial charge is 0.396 e. The Bertz CT molecular complexity index is 460. The molecule has 1 rings (SSSR count). The second kappa shape index (κ2) is 6.60. The third-order valence-corrected chi connectivity index (χ3v) is 3.44. The van der Waals surface area contributed by atoms with E-state index in [1.54, 1.807) is 0 Å². The predicted octanol–water partition coefficient (Wildman–Crippen LogP) is 3.02. The van der Waals surface area contributed by atoms with Crippen LogP contribution in [0.4, 0.5) is 11.6 Å². The van der Waals surface area contributed by atoms with Gasteiger partial charge in [-0.1, -0.05) is 41.5 Å². The zero-order chi connectivity index (χ0) is 16.3. The number of hydrogen-bond donors (Lipinski definition) is 3. The number of hydrogen-bond acceptors (Lipinski definition) is 5. The van der Waals surface area contributed by atoms with Crippen LogP contribution in [0.3, 0.4) is 0 Å². The van der Waals surface area contributed by atoms with E-state index in [1.807, 2.05) is 13.1 Å². The lowest BCUT2D eigenvalue weighted by molar-refractivity contribution is 0.235. The van der Waals surface area contributed by atoms with E-state index < -0.39 is 0 Å². The highest BCUT2D eigenvalue weighted by atomic mass is 16.3. The summed E-state index contributed by atoms with van der Waals surface area (Å²) in [6, 6.07) is 2.06. The van der Waals surface area contributed by atoms with Crippen molar-refractivity contribution in [1.29, 1.82) is 0 Å². The molecular weight excluding hydrogens is 264 g/mol. The van der Waals surface area contributed by atoms with Crippen molar-refractivity contribution in [3.8, 4) is 0 Å². The molecule has 1 atom stereocenters. The minimum Gasteiger partial charge on any atom is -0.396 e. The van der Waals surface area contributed by atoms with Gasteiger partial charge in [0.15, 0.2) is 0 Å². The van der Waals surface area contributed by atoms with Crippen LogP contribution in [0.1, 0.15) is 53.8 Å². The summed E-state index contributed by atoms with van der Waals surface area (Å²) in [7, 11) is 1.85. The normalized spacial score (nSPS) is 13.9. The average molecular weight is 294 g/mol. The van der Waals surface area contributed by atoms with E-state index in [0.29, 0.717) is 6.42 Å². The van der Waals surface area contributed by atoms with Crippen LogP contribution in [0, 0.1) is 5.41 Å². The van der Waals surface area contributed by atoms with Crippen molar-refractivity contribution in [1.82, 2.24) is 9.97 Å². The number of nitrogens with one attached hydrogen (secondary N) is 2. The van der Waals surface area contributed by atoms with Crippen molar-refractivity contribution < 1.29 is 5.11 Å². The first-order chi connectivity index (χ1) is 9.57. The smallest absolute Gasteiger partial charge is 0.138 e. The van der Waals surface area contributed by atoms with E-state index in [2.05, 4.69) is 62.1 Å². The molecule has 1 heterocycles. The maximum Gasteiger partial charge on any atom is 0.138 e. The second-order valence-electron chi connectivity index (χ2n) is 7.54. The molecule has 0 aliphatic rings. The first-order valence-corrected chi connectivity index (χ1v) is 7.52. The molecule has 1 aromatic rings. The maximum absolute atomic E-state index is 9.28. The van der Waals surface area contributed by atoms with Crippen LogP contribution in [0.2, 0.25) is 0 Å². The van der Waals surface area contributed by atoms with Crippen LogP contribution in [0.15, 0.2) is 6.07 Å². The molecule has 0 spiro atoms. The molecule has 0 bridgehead atoms. The van der Waals surface area contributed by atoms with Crippen LogP contribution < -0.4 is 10.6 Å². The Morgan fingerprint density at radius 3 is 2.10 bits per heavy atom. The van der Waals surface area contributed by atoms with Crippen molar-refractivity contribution in [2.45, 2.75) is 59.4 Å². The fraction of sp³-hybridized carbons (Fsp3) is 0.750. The van der Waals surface area contributed by atoms with Crippen LogP contribution >= 0.6 is 0 Å². The summed E-state index contributed by atoms with van der Waals surface area (Å²) < 4.78 is 0. The summed E-state index contributed by atoms with van der Waals surface area (Å²) in [5.74, 6) is 2.40. The molecule has 0 aliphatic carbocycles. The molecule has 5 heteroatoms. The number of rotatable bonds is 5. The van der Waals surface area contributed by atoms with Crippen LogP contribution in [0.5, 0.6) is 0 Å². The number of nitrogens with zero attached hydrogens (tertiary/aromatic N) is 2. The van der Waals surface area contributed by atoms with Crippen molar-refractivity contribution in [3.63, 3.8) is 0 Å². The minimum atomic E-state index is -0.114. The molecule has 0 saturated carbocycles. The second-order valence-corrected chi connectivity index (χ2v) is 7.54. The van der Waals surface area contributed by atoms with Gasteiger partial charge in [-0.2, -0.15) is 0 Å². The fourth-order valence-corrected chi connectivity index (χ4v) is 2.01. The van der Waals surface area contributed by atoms with Gasteiger partial charge >= 0.3 is 0 Å². The Hall–Kier alpha value is -1.36. The third-order valence-electron chi connectivity index (χ3n) is 3.44. The lowest BCUT2D eigenvalue weighted by atomic mass is 9.85. The highest BCUT2D eigenvalue weighted by Gasteiger charge is 2.25. The molecule has 0 fully saturated rings. The van der Waals surface area contributed by atoms with E-state index in [1.165, 1.54) is 0 Å². The molecule has 21 heavy (non-hydrogen) atoms. The molecule has 1 aromatic heterocycles. The lowest BCUT2D eigenvalue weighted by Crippen LogP contribution is -2.35. The van der Waals surface area contributed by atoms with Gasteiger partial charge in [-0.15, -0.1) is 0 Å². The van der Waals surface area contributed by atoms with E-state index in [4.69, 9.17) is 0 Å². The van der Waals surface area contributed by atoms with Gasteiger partial charge in [0.2, 0.25) is 0 Å². The molecule has 1 unspecified atom stereocenters. The number of anilines is 2. The van der Waals surface area contributed by atoms with E-state index in [-0.39, 0.29) is 23.5 Å². The Labute approximate surface area is 128 Å². The third kappa shape index (κ3) is 5.16. The van der Waals surface area contributed by atoms with E-state index in [0.717, 1.165) is 17.5 Å². The summed E-state index contributed by atoms with van der Waals surface area (Å²) in [5.41, 5.74) is -0.0765. The zero-order valence-electron chi connectivity index (χ0n) is 14.4. The van der Waals surface area contributed by atoms with Gasteiger partial charge in [-0.3, -0.25) is 0 Å². The van der Waals surface area contributed by atoms with E-state index in [9.17, 15) is 5.11 Å². The molecule has 0 amide bonds. The Kier molecular flexibility index (Phi) is 5.56. The predicted molar refractivity (Wildman–Crippen MR) is 88.8 cm³/mol. The molecule has 0 aromatic carbocycles. The average Bonchev–Trinajstić information content (AvgIpc) is 2.35. The summed E-state index contributed by atoms with van der Waals surface area (Å²) in [6.07, 6.45) is 0.688. The number of aliphatic hydroxyl groups excluding tert-OH is 1. The molecule has 3 N–H and O–H groups in total. The van der Waals surface area contributed by atoms with Crippen molar-refractivity contribution in [3.05, 3.63) is 11.9 Å². The molecule has 5 nitrogen and oxygen atoms in total. The fourth-order valence-electron chi connectivity index (χ4n) is 2.01. The lowest BCUT2D eigenvalue weighted by Gasteiger charge is -2.32. The van der Waals surface area contributed by atoms with Gasteiger partial charge in [0.25, 0.3) is 0 Å². The van der Waals surface area contributed by atoms with Crippen molar-refractivity contribution in [2.24, 2.45) is 5.41 Å². The maximum atomic E-state index is 9.28. The highest BCUT2D eigenvalue weighted by Crippen LogP contribution is 2.27. The highest BCUT2D eigenvalue weighted by molar-refractivity contribution is 5.48. The van der Waals surface area contributed by atoms with Crippen LogP contribution in [-0.2, 0) is 5.41 Å². The molecule has 120 valence electrons. The minimum absolute atomic E-state index is 0.0371. The zero-order valence-corrected chi connectivity index (χ0v) is 14.4. The van der Waals surface area contributed by atoms with Gasteiger partial charge in [0.1, 0.15) is 17.5 Å². The van der Waals surface area contributed by atoms with Gasteiger partial charge in [-0.25, -0.2) is 9.97 Å². The van der Waals surface area contributed by atoms with Gasteiger partial charge < -0.3 is 15.7 Å². The molecular formula is C16H30N4O. The first-order valence-electron chi connectivity index (χ1n) is 7.52. The molecule has 0 radical (unpaired) electrons. The first kappa shape index (κ1) is 17.7. The van der Waals surface area contributed by atoms with Gasteiger partial charge in [0, 0.05) is 31.2 Å². The Balaban J connectivity index is 3.11. The van der Waals surface area contributed by atoms with Crippen molar-refractivity contribution >= 4 is 11.6 Å². The quantitative estimate of drug-likeness (QED) is 0.778. The number of aliphatic hydroxyl groups is 1. The Morgan fingerprint density at radius 2 is 1.67 bits per heavy atom. The molecule has 0 aliphatic heterocycles. The van der Waals surface area contributed by atoms with Gasteiger partial charge in [-0.05, 0) is 11.8 Å². The number of aromatic nitrogens is 2. The SMILES string of the molecule is CNc1cc(NC(CCO)C(C)(C)C)nc(C(C)(C)C)n1. The van der Waals surface area contributed by atoms with Crippen molar-refractivity contribution in [2.75, 3.05) is 24.3 Å². The summed E-state index contributed by atoms with van der Waals surface area (Å²) in [4.78, 5) is 9.17. The monoisotopic (exact) mass is 294 g/mol. The molecule has 0 saturated heterocycles. The Morgan fingerprint density at radius 1 is 1.10 bits per heavy atom.